The molecule has 0 bridgehead atoms. The molecule has 0 unspecified atom stereocenters. The monoisotopic (exact) mass is 832 g/mol. The number of aromatic nitrogens is 8. The molecular formula is C44H56N12O5. The highest BCUT2D eigenvalue weighted by Crippen LogP contribution is 2.29. The summed E-state index contributed by atoms with van der Waals surface area (Å²) >= 11 is 0. The van der Waals surface area contributed by atoms with Gasteiger partial charge in [-0.05, 0) is 84.4 Å². The molecule has 0 saturated carbocycles. The van der Waals surface area contributed by atoms with E-state index in [4.69, 9.17) is 25.2 Å². The highest BCUT2D eigenvalue weighted by molar-refractivity contribution is 5.99. The van der Waals surface area contributed by atoms with E-state index in [2.05, 4.69) is 22.0 Å². The Morgan fingerprint density at radius 3 is 1.89 bits per heavy atom. The van der Waals surface area contributed by atoms with E-state index in [0.717, 1.165) is 53.9 Å². The Morgan fingerprint density at radius 1 is 0.770 bits per heavy atom. The molecule has 4 aromatic heterocycles. The van der Waals surface area contributed by atoms with Crippen LogP contribution in [-0.4, -0.2) is 99.9 Å². The maximum atomic E-state index is 14.0. The van der Waals surface area contributed by atoms with E-state index in [9.17, 15) is 14.4 Å². The highest BCUT2D eigenvalue weighted by atomic mass is 16.5. The molecule has 0 aliphatic carbocycles. The lowest BCUT2D eigenvalue weighted by molar-refractivity contribution is 0.0358. The van der Waals surface area contributed by atoms with Gasteiger partial charge in [0.25, 0.3) is 11.8 Å². The van der Waals surface area contributed by atoms with Crippen molar-refractivity contribution >= 4 is 39.8 Å². The molecule has 0 spiro atoms. The largest absolute Gasteiger partial charge is 0.491 e. The first-order chi connectivity index (χ1) is 29.3. The number of hydrogen-bond donors (Lipinski definition) is 1. The molecule has 0 atom stereocenters. The molecule has 1 fully saturated rings. The maximum Gasteiger partial charge on any atom is 0.298 e. The zero-order chi connectivity index (χ0) is 43.5. The Hall–Kier alpha value is -6.33. The lowest BCUT2D eigenvalue weighted by atomic mass is 10.1. The van der Waals surface area contributed by atoms with E-state index in [-0.39, 0.29) is 11.5 Å². The average molecular weight is 833 g/mol. The molecule has 1 aliphatic rings. The number of ether oxygens (including phenoxy) is 2. The second-order valence-electron chi connectivity index (χ2n) is 15.6. The van der Waals surface area contributed by atoms with Crippen LogP contribution in [0.15, 0.2) is 69.7 Å². The van der Waals surface area contributed by atoms with Crippen molar-refractivity contribution in [3.8, 4) is 5.75 Å². The lowest BCUT2D eigenvalue weighted by Crippen LogP contribution is -2.37. The van der Waals surface area contributed by atoms with Crippen LogP contribution < -0.4 is 21.7 Å². The molecule has 2 aromatic carbocycles. The van der Waals surface area contributed by atoms with Crippen LogP contribution in [0, 0.1) is 13.8 Å². The summed E-state index contributed by atoms with van der Waals surface area (Å²) in [7, 11) is 3.72. The van der Waals surface area contributed by atoms with Gasteiger partial charge in [-0.3, -0.25) is 28.6 Å². The summed E-state index contributed by atoms with van der Waals surface area (Å²) in [5.74, 6) is -0.972. The smallest absolute Gasteiger partial charge is 0.298 e. The first-order valence-electron chi connectivity index (χ1n) is 20.8. The highest BCUT2D eigenvalue weighted by Gasteiger charge is 2.22. The number of hydrogen-bond acceptors (Lipinski definition) is 8. The minimum atomic E-state index is -0.599. The number of morpholine rings is 1. The molecule has 17 heteroatoms. The van der Waals surface area contributed by atoms with E-state index in [1.54, 1.807) is 38.2 Å². The summed E-state index contributed by atoms with van der Waals surface area (Å²) in [4.78, 5) is 52.3. The zero-order valence-corrected chi connectivity index (χ0v) is 36.4. The number of carbonyl (C=O) groups is 3. The van der Waals surface area contributed by atoms with E-state index in [0.29, 0.717) is 91.1 Å². The van der Waals surface area contributed by atoms with Gasteiger partial charge in [0, 0.05) is 65.5 Å². The molecule has 0 radical (unpaired) electrons. The summed E-state index contributed by atoms with van der Waals surface area (Å²) < 4.78 is 23.1. The Balaban J connectivity index is 1.34. The second-order valence-corrected chi connectivity index (χ2v) is 15.6. The summed E-state index contributed by atoms with van der Waals surface area (Å²) in [6.45, 7) is 17.8. The molecule has 6 aromatic rings. The van der Waals surface area contributed by atoms with Gasteiger partial charge in [0.1, 0.15) is 22.7 Å². The number of amides is 3. The van der Waals surface area contributed by atoms with Crippen LogP contribution in [0.4, 0.5) is 0 Å². The third-order valence-corrected chi connectivity index (χ3v) is 11.3. The number of imidazole rings is 2. The molecule has 5 heterocycles. The van der Waals surface area contributed by atoms with Crippen LogP contribution in [0.1, 0.15) is 76.8 Å². The fraction of sp³-hybridized carbons (Fsp3) is 0.432. The molecule has 1 aliphatic heterocycles. The molecule has 17 nitrogen and oxygen atoms in total. The first-order valence-corrected chi connectivity index (χ1v) is 20.8. The van der Waals surface area contributed by atoms with E-state index >= 15 is 0 Å². The molecule has 3 amide bonds. The van der Waals surface area contributed by atoms with Gasteiger partial charge in [-0.15, -0.1) is 0 Å². The van der Waals surface area contributed by atoms with Crippen molar-refractivity contribution in [2.75, 3.05) is 39.5 Å². The van der Waals surface area contributed by atoms with Crippen molar-refractivity contribution in [2.45, 2.75) is 74.1 Å². The van der Waals surface area contributed by atoms with Gasteiger partial charge in [0.15, 0.2) is 0 Å². The Labute approximate surface area is 354 Å². The Morgan fingerprint density at radius 2 is 1.31 bits per heavy atom. The predicted molar refractivity (Wildman–Crippen MR) is 231 cm³/mol. The van der Waals surface area contributed by atoms with E-state index < -0.39 is 11.8 Å². The second kappa shape index (κ2) is 18.1. The molecule has 1 saturated heterocycles. The van der Waals surface area contributed by atoms with Crippen molar-refractivity contribution in [3.63, 3.8) is 0 Å². The number of allylic oxidation sites excluding steroid dienone is 2. The van der Waals surface area contributed by atoms with Gasteiger partial charge in [-0.1, -0.05) is 23.3 Å². The number of nitrogens with two attached hydrogens (primary N) is 1. The van der Waals surface area contributed by atoms with Crippen molar-refractivity contribution < 1.29 is 23.9 Å². The summed E-state index contributed by atoms with van der Waals surface area (Å²) in [5.41, 5.74) is 14.4. The fourth-order valence-corrected chi connectivity index (χ4v) is 7.96. The summed E-state index contributed by atoms with van der Waals surface area (Å²) in [6.07, 6.45) is 0.752. The topological polar surface area (TPSA) is 179 Å². The number of primary amides is 1. The number of fused-ring (bicyclic) bond motifs is 2. The minimum Gasteiger partial charge on any atom is -0.491 e. The van der Waals surface area contributed by atoms with Crippen molar-refractivity contribution in [1.82, 2.24) is 42.7 Å². The number of carbonyl (C=O) groups excluding carboxylic acids is 3. The lowest BCUT2D eigenvalue weighted by Gasteiger charge is -2.26. The number of nitrogens with zero attached hydrogens (tertiary/aromatic N) is 11. The molecule has 61 heavy (non-hydrogen) atoms. The third kappa shape index (κ3) is 8.79. The minimum absolute atomic E-state index is 0.278. The Bertz CT molecular complexity index is 2820. The number of rotatable bonds is 14. The van der Waals surface area contributed by atoms with Crippen LogP contribution in [0.3, 0.4) is 0 Å². The molecule has 322 valence electrons. The molecule has 7 rings (SSSR count). The normalized spacial score (nSPS) is 14.7. The maximum absolute atomic E-state index is 14.0. The van der Waals surface area contributed by atoms with Crippen molar-refractivity contribution in [1.29, 1.82) is 0 Å². The van der Waals surface area contributed by atoms with E-state index in [1.807, 2.05) is 86.7 Å². The summed E-state index contributed by atoms with van der Waals surface area (Å²) in [6, 6.07) is 14.8. The van der Waals surface area contributed by atoms with Gasteiger partial charge >= 0.3 is 0 Å². The van der Waals surface area contributed by atoms with Crippen molar-refractivity contribution in [3.05, 3.63) is 99.3 Å². The number of para-hydroxylation sites is 2. The zero-order valence-electron chi connectivity index (χ0n) is 36.4. The van der Waals surface area contributed by atoms with Gasteiger partial charge in [-0.2, -0.15) is 20.2 Å². The van der Waals surface area contributed by atoms with Crippen LogP contribution >= 0.6 is 0 Å². The number of aryl methyl sites for hydroxylation is 6. The molecule has 2 N–H and O–H groups in total. The quantitative estimate of drug-likeness (QED) is 0.126. The fourth-order valence-electron chi connectivity index (χ4n) is 7.96. The van der Waals surface area contributed by atoms with Crippen LogP contribution in [-0.2, 0) is 45.0 Å². The SMILES string of the molecule is CCn1nc(C)cc1C(=O)N=c1n(C)c2ccccc2n1C/C(C)=C(\C)Cn1c(=NC(=O)c2cc(C)nn2CC)n(C)c2cc(C(N)=O)cc(OCCCN3CCOCC3)c21. The predicted octanol–water partition coefficient (Wildman–Crippen LogP) is 4.04. The van der Waals surface area contributed by atoms with Gasteiger partial charge in [0.2, 0.25) is 17.1 Å². The van der Waals surface area contributed by atoms with Crippen LogP contribution in [0.5, 0.6) is 5.75 Å². The van der Waals surface area contributed by atoms with E-state index in [1.165, 1.54) is 0 Å². The average Bonchev–Trinajstić information content (AvgIpc) is 3.98. The number of benzene rings is 2. The molecular weight excluding hydrogens is 777 g/mol. The Kier molecular flexibility index (Phi) is 12.7. The standard InChI is InChI=1S/C44H56N12O5/c1-9-55-36(22-30(5)48-55)41(58)46-43-50(7)33-14-11-12-15-34(33)53(43)26-28(3)29(4)27-54-39-35(51(8)44(54)47-42(59)37-23-31(6)49-56(37)10-2)24-32(40(45)57)25-38(39)61-19-13-16-52-17-20-60-21-18-52/h11-12,14-15,22-25H,9-10,13,16-21,26-27H2,1-8H3,(H2,45,57)/b29-28+,46-43?,47-44?. The van der Waals surface area contributed by atoms with Gasteiger partial charge < -0.3 is 33.5 Å². The van der Waals surface area contributed by atoms with Crippen LogP contribution in [0.25, 0.3) is 22.1 Å². The van der Waals surface area contributed by atoms with Gasteiger partial charge in [0.05, 0.1) is 47.8 Å². The first kappa shape index (κ1) is 42.8. The van der Waals surface area contributed by atoms with Gasteiger partial charge in [-0.25, -0.2) is 0 Å². The summed E-state index contributed by atoms with van der Waals surface area (Å²) in [5, 5.41) is 8.95. The van der Waals surface area contributed by atoms with Crippen LogP contribution in [0.2, 0.25) is 0 Å². The third-order valence-electron chi connectivity index (χ3n) is 11.3. The van der Waals surface area contributed by atoms with Crippen molar-refractivity contribution in [2.24, 2.45) is 29.8 Å².